The van der Waals surface area contributed by atoms with Gasteiger partial charge in [-0.15, -0.1) is 0 Å². The molecule has 5 atom stereocenters. The van der Waals surface area contributed by atoms with Gasteiger partial charge in [0.25, 0.3) is 0 Å². The van der Waals surface area contributed by atoms with E-state index in [1.807, 2.05) is 44.2 Å². The maximum atomic E-state index is 13.2. The average Bonchev–Trinajstić information content (AvgIpc) is 2.85. The first-order chi connectivity index (χ1) is 17.1. The van der Waals surface area contributed by atoms with E-state index in [0.717, 1.165) is 37.7 Å². The summed E-state index contributed by atoms with van der Waals surface area (Å²) in [7, 11) is 1.60. The summed E-state index contributed by atoms with van der Waals surface area (Å²) in [6, 6.07) is 8.45. The van der Waals surface area contributed by atoms with Gasteiger partial charge in [-0.3, -0.25) is 9.59 Å². The number of hydrogen-bond acceptors (Lipinski definition) is 5. The summed E-state index contributed by atoms with van der Waals surface area (Å²) in [5, 5.41) is 16.9. The number of cyclic esters (lactones) is 1. The Morgan fingerprint density at radius 3 is 2.36 bits per heavy atom. The molecule has 1 saturated heterocycles. The number of nitrogens with one attached hydrogen (secondary N) is 2. The van der Waals surface area contributed by atoms with Crippen LogP contribution in [0.3, 0.4) is 0 Å². The fourth-order valence-electron chi connectivity index (χ4n) is 4.48. The normalized spacial score (nSPS) is 26.4. The minimum atomic E-state index is -1.13. The number of aliphatic hydroxyl groups is 1. The third kappa shape index (κ3) is 9.12. The fourth-order valence-corrected chi connectivity index (χ4v) is 4.48. The van der Waals surface area contributed by atoms with Gasteiger partial charge in [0.1, 0.15) is 12.3 Å². The minimum absolute atomic E-state index is 0.0730. The first-order valence-corrected chi connectivity index (χ1v) is 13.4. The summed E-state index contributed by atoms with van der Waals surface area (Å²) in [4.78, 5) is 40.6. The van der Waals surface area contributed by atoms with Gasteiger partial charge in [0, 0.05) is 7.05 Å². The second-order valence-corrected chi connectivity index (χ2v) is 10.3. The molecule has 0 aliphatic carbocycles. The highest BCUT2D eigenvalue weighted by molar-refractivity contribution is 5.81. The minimum Gasteiger partial charge on any atom is -0.461 e. The first kappa shape index (κ1) is 29.6. The number of urea groups is 1. The highest BCUT2D eigenvalue weighted by Gasteiger charge is 2.35. The number of rotatable bonds is 9. The molecular formula is C28H45N3O5. The summed E-state index contributed by atoms with van der Waals surface area (Å²) < 4.78 is 5.80. The predicted octanol–water partition coefficient (Wildman–Crippen LogP) is 4.01. The van der Waals surface area contributed by atoms with Gasteiger partial charge < -0.3 is 25.4 Å². The number of carbonyl (C=O) groups is 3. The van der Waals surface area contributed by atoms with Crippen molar-refractivity contribution < 1.29 is 24.2 Å². The quantitative estimate of drug-likeness (QED) is 0.349. The zero-order valence-electron chi connectivity index (χ0n) is 22.5. The molecule has 0 aromatic heterocycles. The molecule has 0 bridgehead atoms. The maximum absolute atomic E-state index is 13.2. The van der Waals surface area contributed by atoms with E-state index in [-0.39, 0.29) is 18.2 Å². The lowest BCUT2D eigenvalue weighted by Crippen LogP contribution is -2.58. The summed E-state index contributed by atoms with van der Waals surface area (Å²) >= 11 is 0. The zero-order chi connectivity index (χ0) is 26.7. The second-order valence-electron chi connectivity index (χ2n) is 10.3. The number of carbonyl (C=O) groups excluding carboxylic acids is 3. The highest BCUT2D eigenvalue weighted by Crippen LogP contribution is 2.21. The van der Waals surface area contributed by atoms with E-state index in [2.05, 4.69) is 17.6 Å². The van der Waals surface area contributed by atoms with E-state index in [1.54, 1.807) is 14.0 Å². The molecule has 2 rings (SSSR count). The van der Waals surface area contributed by atoms with Gasteiger partial charge >= 0.3 is 12.0 Å². The summed E-state index contributed by atoms with van der Waals surface area (Å²) in [5.74, 6) is -1.50. The molecule has 8 nitrogen and oxygen atoms in total. The molecule has 1 aliphatic rings. The van der Waals surface area contributed by atoms with Crippen molar-refractivity contribution in [2.75, 3.05) is 7.05 Å². The number of nitrogens with zero attached hydrogens (tertiary/aromatic N) is 1. The Bertz CT molecular complexity index is 832. The molecule has 3 amide bonds. The standard InChI is InChI=1S/C28H45N3O5/c1-6-7-8-9-13-16-24-20(4)27(34)29-26(19(2)3)30-28(35)31(5)22(23(32)18-25(33)36-24)17-21-14-11-10-12-15-21/h10-12,14-15,19-20,22-24,26,32H,6-9,13,16-18H2,1-5H3,(H,29,34)(H,30,35)/t20-,22-,23+,24?,26-/m0/s1. The number of likely N-dealkylation sites (N-methyl/N-ethyl adjacent to an activating group) is 1. The van der Waals surface area contributed by atoms with E-state index in [0.29, 0.717) is 12.8 Å². The molecule has 3 N–H and O–H groups in total. The third-order valence-electron chi connectivity index (χ3n) is 7.02. The molecule has 0 spiro atoms. The van der Waals surface area contributed by atoms with E-state index >= 15 is 0 Å². The second kappa shape index (κ2) is 14.8. The Morgan fingerprint density at radius 2 is 1.72 bits per heavy atom. The number of benzene rings is 1. The monoisotopic (exact) mass is 503 g/mol. The molecule has 1 aromatic carbocycles. The number of ether oxygens (including phenoxy) is 1. The molecule has 1 unspecified atom stereocenters. The Balaban J connectivity index is 2.30. The Hall–Kier alpha value is -2.61. The molecule has 36 heavy (non-hydrogen) atoms. The Morgan fingerprint density at radius 1 is 1.06 bits per heavy atom. The topological polar surface area (TPSA) is 108 Å². The molecule has 1 aliphatic heterocycles. The van der Waals surface area contributed by atoms with Crippen molar-refractivity contribution in [2.24, 2.45) is 11.8 Å². The van der Waals surface area contributed by atoms with Crippen LogP contribution in [0.5, 0.6) is 0 Å². The lowest BCUT2D eigenvalue weighted by molar-refractivity contribution is -0.156. The summed E-state index contributed by atoms with van der Waals surface area (Å²) in [5.41, 5.74) is 0.936. The van der Waals surface area contributed by atoms with Crippen LogP contribution in [-0.2, 0) is 20.7 Å². The van der Waals surface area contributed by atoms with Crippen LogP contribution in [0.1, 0.15) is 78.2 Å². The van der Waals surface area contributed by atoms with Gasteiger partial charge in [-0.25, -0.2) is 4.79 Å². The predicted molar refractivity (Wildman–Crippen MR) is 140 cm³/mol. The van der Waals surface area contributed by atoms with Crippen LogP contribution < -0.4 is 10.6 Å². The molecule has 0 saturated carbocycles. The number of aliphatic hydroxyl groups excluding tert-OH is 1. The number of hydrogen-bond donors (Lipinski definition) is 3. The van der Waals surface area contributed by atoms with Crippen molar-refractivity contribution in [1.29, 1.82) is 0 Å². The van der Waals surface area contributed by atoms with Gasteiger partial charge in [-0.05, 0) is 30.7 Å². The van der Waals surface area contributed by atoms with Crippen molar-refractivity contribution in [1.82, 2.24) is 15.5 Å². The summed E-state index contributed by atoms with van der Waals surface area (Å²) in [6.07, 6.45) is 3.60. The molecule has 1 fully saturated rings. The van der Waals surface area contributed by atoms with Crippen LogP contribution in [-0.4, -0.2) is 59.4 Å². The SMILES string of the molecule is CCCCCCCC1OC(=O)C[C@@H](O)[C@H](Cc2ccccc2)N(C)C(=O)N[C@@H](C(C)C)NC(=O)[C@H]1C. The average molecular weight is 504 g/mol. The number of esters is 1. The van der Waals surface area contributed by atoms with E-state index in [4.69, 9.17) is 4.74 Å². The zero-order valence-corrected chi connectivity index (χ0v) is 22.5. The van der Waals surface area contributed by atoms with Crippen molar-refractivity contribution in [2.45, 2.75) is 103 Å². The van der Waals surface area contributed by atoms with Crippen molar-refractivity contribution >= 4 is 17.9 Å². The van der Waals surface area contributed by atoms with Crippen molar-refractivity contribution in [3.05, 3.63) is 35.9 Å². The van der Waals surface area contributed by atoms with E-state index in [1.165, 1.54) is 4.90 Å². The summed E-state index contributed by atoms with van der Waals surface area (Å²) in [6.45, 7) is 7.73. The van der Waals surface area contributed by atoms with Crippen LogP contribution in [0.4, 0.5) is 4.79 Å². The van der Waals surface area contributed by atoms with E-state index in [9.17, 15) is 19.5 Å². The van der Waals surface area contributed by atoms with Crippen LogP contribution in [0.25, 0.3) is 0 Å². The molecule has 8 heteroatoms. The lowest BCUT2D eigenvalue weighted by Gasteiger charge is -2.34. The number of unbranched alkanes of at least 4 members (excludes halogenated alkanes) is 4. The van der Waals surface area contributed by atoms with Crippen LogP contribution >= 0.6 is 0 Å². The van der Waals surface area contributed by atoms with Gasteiger partial charge in [0.15, 0.2) is 0 Å². The Kier molecular flexibility index (Phi) is 12.2. The molecule has 0 radical (unpaired) electrons. The molecule has 1 aromatic rings. The molecular weight excluding hydrogens is 458 g/mol. The smallest absolute Gasteiger partial charge is 0.319 e. The van der Waals surface area contributed by atoms with Gasteiger partial charge in [-0.1, -0.05) is 83.7 Å². The Labute approximate surface area is 216 Å². The molecule has 1 heterocycles. The van der Waals surface area contributed by atoms with Crippen molar-refractivity contribution in [3.8, 4) is 0 Å². The van der Waals surface area contributed by atoms with Crippen LogP contribution in [0, 0.1) is 11.8 Å². The van der Waals surface area contributed by atoms with Crippen LogP contribution in [0.15, 0.2) is 30.3 Å². The fraction of sp³-hybridized carbons (Fsp3) is 0.679. The number of amides is 3. The maximum Gasteiger partial charge on any atom is 0.319 e. The third-order valence-corrected chi connectivity index (χ3v) is 7.02. The van der Waals surface area contributed by atoms with Crippen molar-refractivity contribution in [3.63, 3.8) is 0 Å². The first-order valence-electron chi connectivity index (χ1n) is 13.4. The van der Waals surface area contributed by atoms with Crippen LogP contribution in [0.2, 0.25) is 0 Å². The largest absolute Gasteiger partial charge is 0.461 e. The highest BCUT2D eigenvalue weighted by atomic mass is 16.5. The van der Waals surface area contributed by atoms with Gasteiger partial charge in [-0.2, -0.15) is 0 Å². The van der Waals surface area contributed by atoms with Gasteiger partial charge in [0.05, 0.1) is 24.5 Å². The van der Waals surface area contributed by atoms with E-state index < -0.39 is 42.3 Å². The lowest BCUT2D eigenvalue weighted by atomic mass is 9.96. The van der Waals surface area contributed by atoms with Gasteiger partial charge in [0.2, 0.25) is 5.91 Å². The molecule has 202 valence electrons.